The molecule has 2 atom stereocenters. The highest BCUT2D eigenvalue weighted by atomic mass is 16.3. The Morgan fingerprint density at radius 3 is 2.50 bits per heavy atom. The summed E-state index contributed by atoms with van der Waals surface area (Å²) in [7, 11) is 0. The van der Waals surface area contributed by atoms with Gasteiger partial charge in [-0.2, -0.15) is 5.10 Å². The van der Waals surface area contributed by atoms with Gasteiger partial charge in [-0.1, -0.05) is 13.0 Å². The van der Waals surface area contributed by atoms with E-state index >= 15 is 0 Å². The zero-order chi connectivity index (χ0) is 27.8. The van der Waals surface area contributed by atoms with E-state index in [4.69, 9.17) is 0 Å². The van der Waals surface area contributed by atoms with Crippen LogP contribution < -0.4 is 10.5 Å². The van der Waals surface area contributed by atoms with E-state index in [0.717, 1.165) is 43.7 Å². The Morgan fingerprint density at radius 2 is 1.82 bits per heavy atom. The predicted octanol–water partition coefficient (Wildman–Crippen LogP) is 1.55. The molecule has 40 heavy (non-hydrogen) atoms. The summed E-state index contributed by atoms with van der Waals surface area (Å²) < 4.78 is 3.14. The van der Waals surface area contributed by atoms with E-state index in [0.29, 0.717) is 43.0 Å². The molecular weight excluding hydrogens is 510 g/mol. The van der Waals surface area contributed by atoms with E-state index in [9.17, 15) is 19.5 Å². The average Bonchev–Trinajstić information content (AvgIpc) is 3.28. The summed E-state index contributed by atoms with van der Waals surface area (Å²) in [4.78, 5) is 48.8. The van der Waals surface area contributed by atoms with Crippen LogP contribution in [0.2, 0.25) is 0 Å². The summed E-state index contributed by atoms with van der Waals surface area (Å²) in [5, 5.41) is 16.2. The van der Waals surface area contributed by atoms with Gasteiger partial charge in [-0.05, 0) is 50.3 Å². The number of likely N-dealkylation sites (tertiary alicyclic amines) is 2. The van der Waals surface area contributed by atoms with Crippen LogP contribution in [-0.4, -0.2) is 89.9 Å². The van der Waals surface area contributed by atoms with Crippen molar-refractivity contribution in [3.63, 3.8) is 0 Å². The molecule has 3 saturated heterocycles. The lowest BCUT2D eigenvalue weighted by Gasteiger charge is -2.39. The van der Waals surface area contributed by atoms with Crippen molar-refractivity contribution in [2.24, 2.45) is 5.41 Å². The second kappa shape index (κ2) is 8.89. The lowest BCUT2D eigenvalue weighted by molar-refractivity contribution is -0.141. The van der Waals surface area contributed by atoms with Gasteiger partial charge in [-0.15, -0.1) is 0 Å². The van der Waals surface area contributed by atoms with Crippen molar-refractivity contribution < 1.29 is 14.7 Å². The van der Waals surface area contributed by atoms with Gasteiger partial charge in [0.1, 0.15) is 11.7 Å². The normalized spacial score (nSPS) is 24.6. The number of hydrogen-bond acceptors (Lipinski definition) is 7. The minimum absolute atomic E-state index is 0.129. The number of carbonyl (C=O) groups excluding carboxylic acids is 2. The van der Waals surface area contributed by atoms with Crippen molar-refractivity contribution in [1.82, 2.24) is 29.1 Å². The summed E-state index contributed by atoms with van der Waals surface area (Å²) in [6.07, 6.45) is 6.73. The van der Waals surface area contributed by atoms with E-state index in [1.165, 1.54) is 17.1 Å². The van der Waals surface area contributed by atoms with Crippen LogP contribution in [0.5, 0.6) is 0 Å². The zero-order valence-corrected chi connectivity index (χ0v) is 23.0. The topological polar surface area (TPSA) is 117 Å². The van der Waals surface area contributed by atoms with E-state index in [-0.39, 0.29) is 35.4 Å². The van der Waals surface area contributed by atoms with E-state index in [1.807, 2.05) is 28.9 Å². The van der Waals surface area contributed by atoms with E-state index in [2.05, 4.69) is 27.1 Å². The van der Waals surface area contributed by atoms with Crippen LogP contribution in [0.15, 0.2) is 41.6 Å². The molecule has 4 fully saturated rings. The van der Waals surface area contributed by atoms with Crippen LogP contribution in [0, 0.1) is 5.41 Å². The summed E-state index contributed by atoms with van der Waals surface area (Å²) in [5.41, 5.74) is 0.806. The zero-order valence-electron chi connectivity index (χ0n) is 23.0. The molecule has 0 spiro atoms. The van der Waals surface area contributed by atoms with Crippen molar-refractivity contribution in [3.05, 3.63) is 47.1 Å². The first-order chi connectivity index (χ1) is 19.1. The molecule has 1 aliphatic carbocycles. The maximum absolute atomic E-state index is 13.4. The van der Waals surface area contributed by atoms with E-state index < -0.39 is 5.60 Å². The number of aliphatic hydroxyl groups is 1. The molecule has 5 heterocycles. The Labute approximate surface area is 232 Å². The van der Waals surface area contributed by atoms with Crippen molar-refractivity contribution in [3.8, 4) is 5.69 Å². The molecule has 1 N–H and O–H groups in total. The molecule has 11 nitrogen and oxygen atoms in total. The van der Waals surface area contributed by atoms with Gasteiger partial charge >= 0.3 is 0 Å². The number of amides is 2. The molecule has 2 amide bonds. The highest BCUT2D eigenvalue weighted by molar-refractivity contribution is 5.85. The molecular formula is C29H35N7O4. The van der Waals surface area contributed by atoms with E-state index in [1.54, 1.807) is 11.6 Å². The number of aromatic nitrogens is 4. The largest absolute Gasteiger partial charge is 0.388 e. The van der Waals surface area contributed by atoms with Crippen molar-refractivity contribution in [2.45, 2.75) is 70.2 Å². The Morgan fingerprint density at radius 1 is 1.07 bits per heavy atom. The smallest absolute Gasteiger partial charge is 0.264 e. The van der Waals surface area contributed by atoms with Crippen LogP contribution in [-0.2, 0) is 16.1 Å². The van der Waals surface area contributed by atoms with Crippen molar-refractivity contribution in [1.29, 1.82) is 0 Å². The van der Waals surface area contributed by atoms with Crippen LogP contribution in [0.3, 0.4) is 0 Å². The molecule has 7 rings (SSSR count). The maximum atomic E-state index is 13.4. The van der Waals surface area contributed by atoms with Gasteiger partial charge in [0.25, 0.3) is 5.56 Å². The Hall–Kier alpha value is -3.73. The fraction of sp³-hybridized carbons (Fsp3) is 0.552. The minimum Gasteiger partial charge on any atom is -0.388 e. The van der Waals surface area contributed by atoms with Gasteiger partial charge in [-0.25, -0.2) is 9.67 Å². The van der Waals surface area contributed by atoms with Crippen LogP contribution in [0.4, 0.5) is 5.69 Å². The van der Waals surface area contributed by atoms with Crippen LogP contribution in [0.25, 0.3) is 16.7 Å². The van der Waals surface area contributed by atoms with Gasteiger partial charge in [-0.3, -0.25) is 19.0 Å². The third-order valence-electron chi connectivity index (χ3n) is 9.57. The number of benzene rings is 1. The number of anilines is 1. The molecule has 0 radical (unpaired) electrons. The Kier molecular flexibility index (Phi) is 5.61. The molecule has 0 unspecified atom stereocenters. The minimum atomic E-state index is -1.07. The number of piperidine rings is 1. The molecule has 2 bridgehead atoms. The first kappa shape index (κ1) is 25.3. The quantitative estimate of drug-likeness (QED) is 0.517. The number of fused-ring (bicyclic) bond motifs is 3. The number of carbonyl (C=O) groups is 2. The standard InChI is InChI=1S/C29H35N7O4/c1-19(37)34-15-23-13-22(34)16-35(23)20-4-3-5-21(12-20)36-25-24(14-31-36)26(38)33(18-30-25)17-29(40)8-10-32(11-9-29)27(39)28(2)6-7-28/h3-5,12,14,18,22-23,40H,6-11,13,15-17H2,1-2H3/t22-,23-/m0/s1. The number of hydrogen-bond donors (Lipinski definition) is 1. The molecule has 11 heteroatoms. The number of piperazine rings is 1. The van der Waals surface area contributed by atoms with Crippen molar-refractivity contribution in [2.75, 3.05) is 31.1 Å². The first-order valence-electron chi connectivity index (χ1n) is 14.2. The highest BCUT2D eigenvalue weighted by Crippen LogP contribution is 2.47. The van der Waals surface area contributed by atoms with Crippen molar-refractivity contribution >= 4 is 28.5 Å². The molecule has 1 saturated carbocycles. The molecule has 1 aromatic carbocycles. The monoisotopic (exact) mass is 545 g/mol. The second-order valence-corrected chi connectivity index (χ2v) is 12.4. The highest BCUT2D eigenvalue weighted by Gasteiger charge is 2.48. The van der Waals surface area contributed by atoms with Gasteiger partial charge in [0.05, 0.1) is 30.1 Å². The third kappa shape index (κ3) is 4.09. The lowest BCUT2D eigenvalue weighted by atomic mass is 9.90. The fourth-order valence-electron chi connectivity index (χ4n) is 6.81. The Balaban J connectivity index is 1.09. The van der Waals surface area contributed by atoms with Gasteiger partial charge in [0.15, 0.2) is 5.65 Å². The lowest BCUT2D eigenvalue weighted by Crippen LogP contribution is -2.51. The first-order valence-corrected chi connectivity index (χ1v) is 14.2. The molecule has 210 valence electrons. The predicted molar refractivity (Wildman–Crippen MR) is 148 cm³/mol. The molecule has 3 aliphatic heterocycles. The number of nitrogens with zero attached hydrogens (tertiary/aromatic N) is 7. The summed E-state index contributed by atoms with van der Waals surface area (Å²) in [5.74, 6) is 0.317. The molecule has 2 aromatic heterocycles. The van der Waals surface area contributed by atoms with Gasteiger partial charge in [0.2, 0.25) is 11.8 Å². The number of rotatable bonds is 5. The Bertz CT molecular complexity index is 1570. The van der Waals surface area contributed by atoms with Gasteiger partial charge in [0, 0.05) is 50.2 Å². The average molecular weight is 546 g/mol. The summed E-state index contributed by atoms with van der Waals surface area (Å²) in [6, 6.07) is 8.60. The summed E-state index contributed by atoms with van der Waals surface area (Å²) in [6.45, 7) is 6.32. The fourth-order valence-corrected chi connectivity index (χ4v) is 6.81. The third-order valence-corrected chi connectivity index (χ3v) is 9.57. The molecule has 4 aliphatic rings. The summed E-state index contributed by atoms with van der Waals surface area (Å²) >= 11 is 0. The SMILES string of the molecule is CC(=O)N1C[C@@H]2C[C@H]1CN2c1cccc(-n2ncc3c(=O)n(CC4(O)CCN(C(=O)C5(C)CC5)CC4)cnc32)c1. The van der Waals surface area contributed by atoms with Gasteiger partial charge < -0.3 is 19.8 Å². The van der Waals surface area contributed by atoms with Crippen LogP contribution in [0.1, 0.15) is 46.0 Å². The molecule has 3 aromatic rings. The maximum Gasteiger partial charge on any atom is 0.264 e. The second-order valence-electron chi connectivity index (χ2n) is 12.4. The van der Waals surface area contributed by atoms with Crippen LogP contribution >= 0.6 is 0 Å².